The van der Waals surface area contributed by atoms with Crippen LogP contribution in [0.4, 0.5) is 5.69 Å². The highest BCUT2D eigenvalue weighted by atomic mass is 35.5. The van der Waals surface area contributed by atoms with Crippen molar-refractivity contribution in [1.82, 2.24) is 4.98 Å². The van der Waals surface area contributed by atoms with Crippen LogP contribution in [0.1, 0.15) is 36.6 Å². The second-order valence-electron chi connectivity index (χ2n) is 3.80. The molecule has 0 bridgehead atoms. The molecule has 1 aromatic rings. The highest BCUT2D eigenvalue weighted by molar-refractivity contribution is 6.31. The highest BCUT2D eigenvalue weighted by Gasteiger charge is 2.22. The van der Waals surface area contributed by atoms with Gasteiger partial charge in [-0.25, -0.2) is 4.98 Å². The molecule has 0 aliphatic heterocycles. The third-order valence-electron chi connectivity index (χ3n) is 2.67. The lowest BCUT2D eigenvalue weighted by atomic mass is 10.0. The average molecular weight is 243 g/mol. The van der Waals surface area contributed by atoms with E-state index in [1.54, 1.807) is 6.92 Å². The van der Waals surface area contributed by atoms with Gasteiger partial charge in [0.25, 0.3) is 0 Å². The number of aryl methyl sites for hydroxylation is 1. The topological polar surface area (TPSA) is 56.0 Å². The summed E-state index contributed by atoms with van der Waals surface area (Å²) in [4.78, 5) is 14.4. The number of halogens is 1. The Morgan fingerprint density at radius 1 is 1.44 bits per heavy atom. The number of rotatable bonds is 4. The van der Waals surface area contributed by atoms with Crippen molar-refractivity contribution >= 4 is 17.3 Å². The van der Waals surface area contributed by atoms with Gasteiger partial charge < -0.3 is 0 Å². The zero-order valence-electron chi connectivity index (χ0n) is 9.71. The molecule has 88 valence electrons. The number of aromatic nitrogens is 1. The van der Waals surface area contributed by atoms with Gasteiger partial charge >= 0.3 is 5.69 Å². The van der Waals surface area contributed by atoms with Gasteiger partial charge in [-0.3, -0.25) is 10.1 Å². The fourth-order valence-electron chi connectivity index (χ4n) is 1.77. The van der Waals surface area contributed by atoms with Crippen LogP contribution in [-0.4, -0.2) is 9.91 Å². The molecule has 0 aliphatic rings. The number of hydrogen-bond acceptors (Lipinski definition) is 3. The van der Waals surface area contributed by atoms with Crippen molar-refractivity contribution < 1.29 is 4.92 Å². The molecule has 0 amide bonds. The fourth-order valence-corrected chi connectivity index (χ4v) is 2.11. The van der Waals surface area contributed by atoms with Crippen molar-refractivity contribution in [2.75, 3.05) is 0 Å². The number of nitrogens with zero attached hydrogens (tertiary/aromatic N) is 2. The van der Waals surface area contributed by atoms with Gasteiger partial charge in [-0.05, 0) is 32.3 Å². The smallest absolute Gasteiger partial charge is 0.258 e. The highest BCUT2D eigenvalue weighted by Crippen LogP contribution is 2.30. The summed E-state index contributed by atoms with van der Waals surface area (Å²) in [6.07, 6.45) is 2.87. The summed E-state index contributed by atoms with van der Waals surface area (Å²) < 4.78 is 0. The molecule has 0 unspecified atom stereocenters. The molecule has 4 nitrogen and oxygen atoms in total. The van der Waals surface area contributed by atoms with Crippen LogP contribution in [0.2, 0.25) is 5.15 Å². The maximum Gasteiger partial charge on any atom is 0.309 e. The van der Waals surface area contributed by atoms with E-state index in [2.05, 4.69) is 11.9 Å². The Balaban J connectivity index is 3.27. The average Bonchev–Trinajstić information content (AvgIpc) is 2.16. The maximum atomic E-state index is 10.9. The summed E-state index contributed by atoms with van der Waals surface area (Å²) in [6.45, 7) is 5.67. The molecule has 0 aliphatic carbocycles. The lowest BCUT2D eigenvalue weighted by Gasteiger charge is -2.09. The van der Waals surface area contributed by atoms with Crippen LogP contribution in [0.5, 0.6) is 0 Å². The molecule has 1 rings (SSSR count). The Hall–Kier alpha value is -1.16. The first kappa shape index (κ1) is 12.9. The van der Waals surface area contributed by atoms with Gasteiger partial charge in [0.15, 0.2) is 0 Å². The van der Waals surface area contributed by atoms with E-state index >= 15 is 0 Å². The minimum absolute atomic E-state index is 0.0137. The third-order valence-corrected chi connectivity index (χ3v) is 2.93. The fraction of sp³-hybridized carbons (Fsp3) is 0.545. The molecule has 0 atom stereocenters. The molecule has 0 spiro atoms. The van der Waals surface area contributed by atoms with E-state index in [-0.39, 0.29) is 10.8 Å². The molecule has 5 heteroatoms. The Kier molecular flexibility index (Phi) is 4.24. The molecule has 0 saturated heterocycles. The van der Waals surface area contributed by atoms with Crippen LogP contribution < -0.4 is 0 Å². The van der Waals surface area contributed by atoms with E-state index < -0.39 is 4.92 Å². The summed E-state index contributed by atoms with van der Waals surface area (Å²) in [5, 5.41) is 10.8. The lowest BCUT2D eigenvalue weighted by molar-refractivity contribution is -0.385. The number of pyridine rings is 1. The lowest BCUT2D eigenvalue weighted by Crippen LogP contribution is -2.03. The van der Waals surface area contributed by atoms with E-state index in [9.17, 15) is 10.1 Å². The van der Waals surface area contributed by atoms with Crippen molar-refractivity contribution in [2.45, 2.75) is 40.0 Å². The molecular weight excluding hydrogens is 228 g/mol. The van der Waals surface area contributed by atoms with Gasteiger partial charge in [0.2, 0.25) is 5.15 Å². The zero-order valence-corrected chi connectivity index (χ0v) is 10.5. The maximum absolute atomic E-state index is 10.9. The van der Waals surface area contributed by atoms with Gasteiger partial charge in [0.1, 0.15) is 0 Å². The molecule has 1 heterocycles. The molecule has 1 aromatic heterocycles. The summed E-state index contributed by atoms with van der Waals surface area (Å²) in [5.74, 6) is 0. The largest absolute Gasteiger partial charge is 0.309 e. The standard InChI is InChI=1S/C11H15ClN2O2/c1-4-5-6-9-7(2)10(14(15)16)11(12)13-8(9)3/h4-6H2,1-3H3. The van der Waals surface area contributed by atoms with Gasteiger partial charge in [-0.15, -0.1) is 0 Å². The predicted octanol–water partition coefficient (Wildman–Crippen LogP) is 3.60. The first-order chi connectivity index (χ1) is 7.49. The number of nitro groups is 1. The van der Waals surface area contributed by atoms with E-state index in [4.69, 9.17) is 11.6 Å². The Morgan fingerprint density at radius 2 is 2.06 bits per heavy atom. The zero-order chi connectivity index (χ0) is 12.3. The van der Waals surface area contributed by atoms with Crippen LogP contribution in [0.15, 0.2) is 0 Å². The minimum Gasteiger partial charge on any atom is -0.258 e. The number of hydrogen-bond donors (Lipinski definition) is 0. The van der Waals surface area contributed by atoms with E-state index in [1.165, 1.54) is 0 Å². The second-order valence-corrected chi connectivity index (χ2v) is 4.16. The van der Waals surface area contributed by atoms with Crippen molar-refractivity contribution in [3.05, 3.63) is 32.1 Å². The Morgan fingerprint density at radius 3 is 2.56 bits per heavy atom. The molecular formula is C11H15ClN2O2. The van der Waals surface area contributed by atoms with E-state index in [0.717, 1.165) is 30.5 Å². The molecule has 0 radical (unpaired) electrons. The molecule has 0 aromatic carbocycles. The molecule has 0 saturated carbocycles. The summed E-state index contributed by atoms with van der Waals surface area (Å²) in [5.41, 5.74) is 2.34. The molecule has 0 fully saturated rings. The normalized spacial score (nSPS) is 10.5. The van der Waals surface area contributed by atoms with E-state index in [1.807, 2.05) is 6.92 Å². The van der Waals surface area contributed by atoms with Gasteiger partial charge in [0.05, 0.1) is 4.92 Å². The van der Waals surface area contributed by atoms with Gasteiger partial charge in [-0.1, -0.05) is 24.9 Å². The van der Waals surface area contributed by atoms with Crippen molar-refractivity contribution in [3.63, 3.8) is 0 Å². The van der Waals surface area contributed by atoms with Crippen LogP contribution in [0, 0.1) is 24.0 Å². The second kappa shape index (κ2) is 5.25. The van der Waals surface area contributed by atoms with E-state index in [0.29, 0.717) is 5.56 Å². The summed E-state index contributed by atoms with van der Waals surface area (Å²) in [6, 6.07) is 0. The van der Waals surface area contributed by atoms with Gasteiger partial charge in [0, 0.05) is 11.3 Å². The van der Waals surface area contributed by atoms with Crippen LogP contribution in [0.3, 0.4) is 0 Å². The monoisotopic (exact) mass is 242 g/mol. The van der Waals surface area contributed by atoms with Crippen LogP contribution in [0.25, 0.3) is 0 Å². The summed E-state index contributed by atoms with van der Waals surface area (Å²) in [7, 11) is 0. The van der Waals surface area contributed by atoms with Gasteiger partial charge in [-0.2, -0.15) is 0 Å². The first-order valence-corrected chi connectivity index (χ1v) is 5.66. The summed E-state index contributed by atoms with van der Waals surface area (Å²) >= 11 is 5.78. The minimum atomic E-state index is -0.459. The molecule has 16 heavy (non-hydrogen) atoms. The first-order valence-electron chi connectivity index (χ1n) is 5.29. The van der Waals surface area contributed by atoms with Crippen LogP contribution >= 0.6 is 11.6 Å². The van der Waals surface area contributed by atoms with Crippen LogP contribution in [-0.2, 0) is 6.42 Å². The quantitative estimate of drug-likeness (QED) is 0.460. The van der Waals surface area contributed by atoms with Crippen molar-refractivity contribution in [2.24, 2.45) is 0 Å². The number of unbranched alkanes of at least 4 members (excludes halogenated alkanes) is 1. The van der Waals surface area contributed by atoms with Crippen molar-refractivity contribution in [1.29, 1.82) is 0 Å². The molecule has 0 N–H and O–H groups in total. The Labute approximate surface area is 99.8 Å². The predicted molar refractivity (Wildman–Crippen MR) is 64.0 cm³/mol. The van der Waals surface area contributed by atoms with Crippen molar-refractivity contribution in [3.8, 4) is 0 Å². The SMILES string of the molecule is CCCCc1c(C)nc(Cl)c([N+](=O)[O-])c1C. The third kappa shape index (κ3) is 2.50. The Bertz CT molecular complexity index is 419.